The Bertz CT molecular complexity index is 188. The first-order valence-corrected chi connectivity index (χ1v) is 3.89. The molecule has 0 bridgehead atoms. The molecule has 9 heavy (non-hydrogen) atoms. The largest absolute Gasteiger partial charge is 0.233 e. The van der Waals surface area contributed by atoms with Crippen LogP contribution in [0.5, 0.6) is 0 Å². The van der Waals surface area contributed by atoms with Gasteiger partial charge in [-0.05, 0) is 11.8 Å². The first kappa shape index (κ1) is 7.28. The van der Waals surface area contributed by atoms with E-state index >= 15 is 0 Å². The van der Waals surface area contributed by atoms with Crippen molar-refractivity contribution in [2.24, 2.45) is 0 Å². The van der Waals surface area contributed by atoms with Gasteiger partial charge < -0.3 is 0 Å². The summed E-state index contributed by atoms with van der Waals surface area (Å²) in [4.78, 5) is 7.25. The van der Waals surface area contributed by atoms with Crippen LogP contribution >= 0.6 is 34.7 Å². The highest BCUT2D eigenvalue weighted by atomic mass is 35.5. The molecule has 50 valence electrons. The van der Waals surface area contributed by atoms with E-state index in [-0.39, 0.29) is 0 Å². The summed E-state index contributed by atoms with van der Waals surface area (Å²) in [5.41, 5.74) is 1.69. The molecule has 0 aliphatic rings. The minimum absolute atomic E-state index is 0.535. The van der Waals surface area contributed by atoms with Crippen LogP contribution in [0.2, 0.25) is 5.15 Å². The van der Waals surface area contributed by atoms with E-state index in [2.05, 4.69) is 9.82 Å². The topological polar surface area (TPSA) is 24.9 Å². The van der Waals surface area contributed by atoms with Crippen molar-refractivity contribution < 1.29 is 0 Å². The molecule has 0 atom stereocenters. The summed E-state index contributed by atoms with van der Waals surface area (Å²) in [5, 5.41) is 0.535. The summed E-state index contributed by atoms with van der Waals surface area (Å²) < 4.78 is 0. The highest BCUT2D eigenvalue weighted by Crippen LogP contribution is 2.17. The van der Waals surface area contributed by atoms with Gasteiger partial charge in [0.25, 0.3) is 0 Å². The van der Waals surface area contributed by atoms with E-state index < -0.39 is 0 Å². The van der Waals surface area contributed by atoms with Gasteiger partial charge in [-0.2, -0.15) is 0 Å². The zero-order valence-electron chi connectivity index (χ0n) is 4.40. The normalized spacial score (nSPS) is 10.0. The van der Waals surface area contributed by atoms with Gasteiger partial charge in [0.15, 0.2) is 0 Å². The van der Waals surface area contributed by atoms with Gasteiger partial charge >= 0.3 is 0 Å². The fraction of sp³-hybridized carbons (Fsp3) is 0.250. The standard InChI is InChI=1S/C4H4Cl2N2S/c5-4-3(1-8-6)9-2-7-4/h2,8H,1H2. The van der Waals surface area contributed by atoms with Crippen molar-refractivity contribution in [1.82, 2.24) is 9.82 Å². The lowest BCUT2D eigenvalue weighted by molar-refractivity contribution is 0.983. The average Bonchev–Trinajstić information content (AvgIpc) is 2.18. The van der Waals surface area contributed by atoms with Crippen LogP contribution in [-0.2, 0) is 6.54 Å². The van der Waals surface area contributed by atoms with Crippen molar-refractivity contribution in [1.29, 1.82) is 0 Å². The highest BCUT2D eigenvalue weighted by molar-refractivity contribution is 7.10. The van der Waals surface area contributed by atoms with Gasteiger partial charge in [-0.3, -0.25) is 0 Å². The molecule has 0 aliphatic heterocycles. The molecule has 0 saturated heterocycles. The second-order valence-corrected chi connectivity index (χ2v) is 2.94. The second kappa shape index (κ2) is 3.37. The quantitative estimate of drug-likeness (QED) is 0.709. The molecule has 1 N–H and O–H groups in total. The maximum Gasteiger partial charge on any atom is 0.144 e. The molecule has 0 aromatic carbocycles. The summed E-state index contributed by atoms with van der Waals surface area (Å²) in [5.74, 6) is 0. The molecule has 0 fully saturated rings. The summed E-state index contributed by atoms with van der Waals surface area (Å²) in [6.45, 7) is 0.574. The highest BCUT2D eigenvalue weighted by Gasteiger charge is 1.99. The van der Waals surface area contributed by atoms with Gasteiger partial charge in [-0.15, -0.1) is 11.3 Å². The van der Waals surface area contributed by atoms with E-state index in [1.54, 1.807) is 5.51 Å². The molecular formula is C4H4Cl2N2S. The SMILES string of the molecule is ClNCc1scnc1Cl. The number of nitrogens with one attached hydrogen (secondary N) is 1. The van der Waals surface area contributed by atoms with Gasteiger partial charge in [0.2, 0.25) is 0 Å². The molecule has 0 aliphatic carbocycles. The van der Waals surface area contributed by atoms with E-state index in [0.717, 1.165) is 4.88 Å². The van der Waals surface area contributed by atoms with E-state index in [4.69, 9.17) is 23.4 Å². The van der Waals surface area contributed by atoms with Crippen LogP contribution in [0, 0.1) is 0 Å². The van der Waals surface area contributed by atoms with Crippen molar-refractivity contribution in [3.8, 4) is 0 Å². The Morgan fingerprint density at radius 3 is 3.00 bits per heavy atom. The number of hydrogen-bond acceptors (Lipinski definition) is 3. The van der Waals surface area contributed by atoms with Crippen LogP contribution < -0.4 is 4.84 Å². The van der Waals surface area contributed by atoms with Crippen molar-refractivity contribution in [3.05, 3.63) is 15.5 Å². The minimum Gasteiger partial charge on any atom is -0.233 e. The number of aromatic nitrogens is 1. The van der Waals surface area contributed by atoms with E-state index in [1.807, 2.05) is 0 Å². The Morgan fingerprint density at radius 1 is 1.78 bits per heavy atom. The van der Waals surface area contributed by atoms with Gasteiger partial charge in [0, 0.05) is 6.54 Å². The second-order valence-electron chi connectivity index (χ2n) is 1.38. The molecule has 0 saturated carbocycles. The zero-order valence-corrected chi connectivity index (χ0v) is 6.72. The Hall–Kier alpha value is 0.170. The zero-order chi connectivity index (χ0) is 6.69. The predicted octanol–water partition coefficient (Wildman–Crippen LogP) is 2.04. The van der Waals surface area contributed by atoms with E-state index in [0.29, 0.717) is 11.7 Å². The van der Waals surface area contributed by atoms with Gasteiger partial charge in [-0.1, -0.05) is 11.6 Å². The van der Waals surface area contributed by atoms with Crippen LogP contribution in [0.3, 0.4) is 0 Å². The molecule has 0 radical (unpaired) electrons. The molecule has 1 aromatic heterocycles. The minimum atomic E-state index is 0.535. The van der Waals surface area contributed by atoms with Crippen molar-refractivity contribution >= 4 is 34.7 Å². The number of rotatable bonds is 2. The van der Waals surface area contributed by atoms with Crippen molar-refractivity contribution in [2.45, 2.75) is 6.54 Å². The third-order valence-corrected chi connectivity index (χ3v) is 2.22. The maximum atomic E-state index is 5.62. The first-order chi connectivity index (χ1) is 4.34. The fourth-order valence-electron chi connectivity index (χ4n) is 0.432. The van der Waals surface area contributed by atoms with Crippen LogP contribution in [0.25, 0.3) is 0 Å². The fourth-order valence-corrected chi connectivity index (χ4v) is 1.54. The van der Waals surface area contributed by atoms with Crippen molar-refractivity contribution in [3.63, 3.8) is 0 Å². The number of hydrogen-bond donors (Lipinski definition) is 1. The van der Waals surface area contributed by atoms with Gasteiger partial charge in [0.05, 0.1) is 10.4 Å². The number of halogens is 2. The number of thiazole rings is 1. The lowest BCUT2D eigenvalue weighted by Crippen LogP contribution is -1.95. The maximum absolute atomic E-state index is 5.62. The lowest BCUT2D eigenvalue weighted by atomic mass is 10.6. The number of nitrogens with zero attached hydrogens (tertiary/aromatic N) is 1. The first-order valence-electron chi connectivity index (χ1n) is 2.26. The van der Waals surface area contributed by atoms with Gasteiger partial charge in [0.1, 0.15) is 5.15 Å². The lowest BCUT2D eigenvalue weighted by Gasteiger charge is -1.89. The predicted molar refractivity (Wildman–Crippen MR) is 39.8 cm³/mol. The Balaban J connectivity index is 2.69. The molecule has 0 amide bonds. The third-order valence-electron chi connectivity index (χ3n) is 0.818. The molecular weight excluding hydrogens is 179 g/mol. The van der Waals surface area contributed by atoms with Crippen LogP contribution in [0.1, 0.15) is 4.88 Å². The van der Waals surface area contributed by atoms with E-state index in [9.17, 15) is 0 Å². The molecule has 2 nitrogen and oxygen atoms in total. The summed E-state index contributed by atoms with van der Waals surface area (Å²) >= 11 is 12.3. The molecule has 1 aromatic rings. The Kier molecular flexibility index (Phi) is 2.72. The Labute approximate surface area is 66.9 Å². The van der Waals surface area contributed by atoms with Crippen LogP contribution in [-0.4, -0.2) is 4.98 Å². The Morgan fingerprint density at radius 2 is 2.56 bits per heavy atom. The van der Waals surface area contributed by atoms with Crippen molar-refractivity contribution in [2.75, 3.05) is 0 Å². The van der Waals surface area contributed by atoms with E-state index in [1.165, 1.54) is 11.3 Å². The summed E-state index contributed by atoms with van der Waals surface area (Å²) in [6, 6.07) is 0. The van der Waals surface area contributed by atoms with Gasteiger partial charge in [-0.25, -0.2) is 9.82 Å². The van der Waals surface area contributed by atoms with Crippen LogP contribution in [0.4, 0.5) is 0 Å². The summed E-state index contributed by atoms with van der Waals surface area (Å²) in [7, 11) is 0. The molecule has 0 spiro atoms. The summed E-state index contributed by atoms with van der Waals surface area (Å²) in [6.07, 6.45) is 0. The molecule has 1 heterocycles. The molecule has 5 heteroatoms. The molecule has 0 unspecified atom stereocenters. The molecule has 1 rings (SSSR count). The monoisotopic (exact) mass is 182 g/mol. The smallest absolute Gasteiger partial charge is 0.144 e. The third kappa shape index (κ3) is 1.79. The van der Waals surface area contributed by atoms with Crippen LogP contribution in [0.15, 0.2) is 5.51 Å². The average molecular weight is 183 g/mol.